The number of hydrogen-bond donors (Lipinski definition) is 2. The second-order valence-corrected chi connectivity index (χ2v) is 8.54. The molecule has 0 atom stereocenters. The number of nitro groups is 2. The molecule has 0 radical (unpaired) electrons. The summed E-state index contributed by atoms with van der Waals surface area (Å²) in [6.07, 6.45) is 0. The average molecular weight is 539 g/mol. The van der Waals surface area contributed by atoms with Crippen molar-refractivity contribution in [3.05, 3.63) is 105 Å². The van der Waals surface area contributed by atoms with E-state index in [1.54, 1.807) is 26.4 Å². The van der Waals surface area contributed by atoms with Crippen LogP contribution in [-0.4, -0.2) is 44.0 Å². The molecular formula is C28H22N6O6. The SMILES string of the molecule is COc1ccc(-c2nc3ccc([N+](=O)[O-])cc3[nH]2)cc1.COc1ccc(-c2nc3ccc([N+](=O)[O-])cc3[nH]2)cc1. The third kappa shape index (κ3) is 5.41. The Labute approximate surface area is 226 Å². The van der Waals surface area contributed by atoms with Gasteiger partial charge in [-0.2, -0.15) is 0 Å². The molecule has 6 rings (SSSR count). The number of ether oxygens (including phenoxy) is 2. The van der Waals surface area contributed by atoms with E-state index in [0.29, 0.717) is 33.7 Å². The number of aromatic amines is 2. The van der Waals surface area contributed by atoms with Gasteiger partial charge < -0.3 is 19.4 Å². The number of nitrogens with one attached hydrogen (secondary N) is 2. The lowest BCUT2D eigenvalue weighted by atomic mass is 10.2. The minimum Gasteiger partial charge on any atom is -0.497 e. The first-order chi connectivity index (χ1) is 19.3. The van der Waals surface area contributed by atoms with Crippen LogP contribution in [0.4, 0.5) is 11.4 Å². The molecule has 0 amide bonds. The molecule has 0 spiro atoms. The van der Waals surface area contributed by atoms with E-state index in [-0.39, 0.29) is 11.4 Å². The fourth-order valence-corrected chi connectivity index (χ4v) is 3.99. The number of imidazole rings is 2. The zero-order chi connectivity index (χ0) is 28.2. The Morgan fingerprint density at radius 2 is 0.975 bits per heavy atom. The predicted octanol–water partition coefficient (Wildman–Crippen LogP) is 6.29. The van der Waals surface area contributed by atoms with Gasteiger partial charge in [0.2, 0.25) is 0 Å². The van der Waals surface area contributed by atoms with E-state index in [0.717, 1.165) is 22.6 Å². The number of hydrogen-bond acceptors (Lipinski definition) is 8. The van der Waals surface area contributed by atoms with Crippen LogP contribution in [0.3, 0.4) is 0 Å². The summed E-state index contributed by atoms with van der Waals surface area (Å²) in [6.45, 7) is 0. The first-order valence-electron chi connectivity index (χ1n) is 11.9. The van der Waals surface area contributed by atoms with Gasteiger partial charge >= 0.3 is 0 Å². The monoisotopic (exact) mass is 538 g/mol. The lowest BCUT2D eigenvalue weighted by Gasteiger charge is -2.00. The van der Waals surface area contributed by atoms with Gasteiger partial charge in [-0.1, -0.05) is 0 Å². The normalized spacial score (nSPS) is 10.7. The zero-order valence-electron chi connectivity index (χ0n) is 21.3. The smallest absolute Gasteiger partial charge is 0.271 e. The van der Waals surface area contributed by atoms with Gasteiger partial charge in [0.25, 0.3) is 11.4 Å². The molecule has 2 aromatic heterocycles. The van der Waals surface area contributed by atoms with E-state index in [1.165, 1.54) is 24.3 Å². The maximum atomic E-state index is 10.7. The highest BCUT2D eigenvalue weighted by molar-refractivity contribution is 5.82. The molecule has 0 fully saturated rings. The molecule has 0 saturated carbocycles. The van der Waals surface area contributed by atoms with Crippen LogP contribution >= 0.6 is 0 Å². The van der Waals surface area contributed by atoms with Gasteiger partial charge in [0.1, 0.15) is 23.1 Å². The molecule has 12 nitrogen and oxygen atoms in total. The molecule has 200 valence electrons. The van der Waals surface area contributed by atoms with Crippen LogP contribution in [-0.2, 0) is 0 Å². The molecule has 40 heavy (non-hydrogen) atoms. The summed E-state index contributed by atoms with van der Waals surface area (Å²) >= 11 is 0. The zero-order valence-corrected chi connectivity index (χ0v) is 21.3. The van der Waals surface area contributed by atoms with E-state index >= 15 is 0 Å². The summed E-state index contributed by atoms with van der Waals surface area (Å²) in [6, 6.07) is 24.0. The summed E-state index contributed by atoms with van der Waals surface area (Å²) in [7, 11) is 3.21. The molecule has 0 bridgehead atoms. The fourth-order valence-electron chi connectivity index (χ4n) is 3.99. The summed E-state index contributed by atoms with van der Waals surface area (Å²) in [5.74, 6) is 2.87. The van der Waals surface area contributed by atoms with Gasteiger partial charge in [-0.3, -0.25) is 20.2 Å². The number of H-pyrrole nitrogens is 2. The molecular weight excluding hydrogens is 516 g/mol. The minimum absolute atomic E-state index is 0.0439. The van der Waals surface area contributed by atoms with Gasteiger partial charge in [-0.05, 0) is 60.7 Å². The van der Waals surface area contributed by atoms with Gasteiger partial charge in [-0.15, -0.1) is 0 Å². The molecule has 6 aromatic rings. The number of non-ortho nitro benzene ring substituents is 2. The van der Waals surface area contributed by atoms with E-state index in [2.05, 4.69) is 19.9 Å². The van der Waals surface area contributed by atoms with Crippen molar-refractivity contribution in [3.8, 4) is 34.3 Å². The van der Waals surface area contributed by atoms with E-state index in [9.17, 15) is 20.2 Å². The summed E-state index contributed by atoms with van der Waals surface area (Å²) in [5, 5.41) is 21.5. The topological polar surface area (TPSA) is 162 Å². The molecule has 4 aromatic carbocycles. The molecule has 0 unspecified atom stereocenters. The van der Waals surface area contributed by atoms with Gasteiger partial charge in [-0.25, -0.2) is 9.97 Å². The highest BCUT2D eigenvalue weighted by atomic mass is 16.6. The lowest BCUT2D eigenvalue weighted by Crippen LogP contribution is -1.86. The van der Waals surface area contributed by atoms with E-state index < -0.39 is 9.85 Å². The van der Waals surface area contributed by atoms with Crippen molar-refractivity contribution in [2.45, 2.75) is 0 Å². The standard InChI is InChI=1S/2C14H11N3O3/c2*1-20-11-5-2-9(3-6-11)14-15-12-7-4-10(17(18)19)8-13(12)16-14/h2*2-8H,1H3,(H,15,16). The second-order valence-electron chi connectivity index (χ2n) is 8.54. The Morgan fingerprint density at radius 3 is 1.30 bits per heavy atom. The number of rotatable bonds is 6. The number of nitrogens with zero attached hydrogens (tertiary/aromatic N) is 4. The highest BCUT2D eigenvalue weighted by Gasteiger charge is 2.12. The van der Waals surface area contributed by atoms with Gasteiger partial charge in [0.15, 0.2) is 0 Å². The van der Waals surface area contributed by atoms with Crippen molar-refractivity contribution in [1.29, 1.82) is 0 Å². The van der Waals surface area contributed by atoms with Crippen molar-refractivity contribution in [3.63, 3.8) is 0 Å². The van der Waals surface area contributed by atoms with Crippen LogP contribution in [0.5, 0.6) is 11.5 Å². The number of aromatic nitrogens is 4. The molecule has 2 heterocycles. The number of nitro benzene ring substituents is 2. The molecule has 0 aliphatic rings. The van der Waals surface area contributed by atoms with Crippen LogP contribution in [0.25, 0.3) is 44.8 Å². The third-order valence-corrected chi connectivity index (χ3v) is 6.08. The van der Waals surface area contributed by atoms with Crippen molar-refractivity contribution in [1.82, 2.24) is 19.9 Å². The summed E-state index contributed by atoms with van der Waals surface area (Å²) in [5.41, 5.74) is 4.55. The Morgan fingerprint density at radius 1 is 0.600 bits per heavy atom. The molecule has 0 saturated heterocycles. The molecule has 12 heteroatoms. The van der Waals surface area contributed by atoms with E-state index in [4.69, 9.17) is 9.47 Å². The second kappa shape index (κ2) is 10.9. The largest absolute Gasteiger partial charge is 0.497 e. The maximum Gasteiger partial charge on any atom is 0.271 e. The quantitative estimate of drug-likeness (QED) is 0.184. The van der Waals surface area contributed by atoms with Crippen molar-refractivity contribution in [2.75, 3.05) is 14.2 Å². The Kier molecular flexibility index (Phi) is 7.05. The third-order valence-electron chi connectivity index (χ3n) is 6.08. The Bertz CT molecular complexity index is 1690. The Balaban J connectivity index is 0.000000161. The van der Waals surface area contributed by atoms with Gasteiger partial charge in [0, 0.05) is 35.4 Å². The Hall–Kier alpha value is -5.78. The molecule has 0 aliphatic carbocycles. The van der Waals surface area contributed by atoms with Crippen molar-refractivity contribution < 1.29 is 19.3 Å². The fraction of sp³-hybridized carbons (Fsp3) is 0.0714. The molecule has 2 N–H and O–H groups in total. The maximum absolute atomic E-state index is 10.7. The number of methoxy groups -OCH3 is 2. The number of benzene rings is 4. The van der Waals surface area contributed by atoms with Crippen molar-refractivity contribution >= 4 is 33.4 Å². The van der Waals surface area contributed by atoms with Crippen LogP contribution in [0.2, 0.25) is 0 Å². The van der Waals surface area contributed by atoms with E-state index in [1.807, 2.05) is 48.5 Å². The van der Waals surface area contributed by atoms with Crippen LogP contribution < -0.4 is 9.47 Å². The highest BCUT2D eigenvalue weighted by Crippen LogP contribution is 2.26. The summed E-state index contributed by atoms with van der Waals surface area (Å²) < 4.78 is 10.2. The number of fused-ring (bicyclic) bond motifs is 2. The van der Waals surface area contributed by atoms with Crippen molar-refractivity contribution in [2.24, 2.45) is 0 Å². The minimum atomic E-state index is -0.423. The average Bonchev–Trinajstić information content (AvgIpc) is 3.61. The van der Waals surface area contributed by atoms with Crippen LogP contribution in [0.1, 0.15) is 0 Å². The predicted molar refractivity (Wildman–Crippen MR) is 149 cm³/mol. The van der Waals surface area contributed by atoms with Crippen LogP contribution in [0, 0.1) is 20.2 Å². The molecule has 0 aliphatic heterocycles. The lowest BCUT2D eigenvalue weighted by molar-refractivity contribution is -0.384. The first-order valence-corrected chi connectivity index (χ1v) is 11.9. The first kappa shape index (κ1) is 25.9. The summed E-state index contributed by atoms with van der Waals surface area (Å²) in [4.78, 5) is 35.7. The van der Waals surface area contributed by atoms with Gasteiger partial charge in [0.05, 0.1) is 46.1 Å². The van der Waals surface area contributed by atoms with Crippen LogP contribution in [0.15, 0.2) is 84.9 Å².